The third-order valence-electron chi connectivity index (χ3n) is 2.77. The first-order chi connectivity index (χ1) is 11.5. The fraction of sp³-hybridized carbons (Fsp3) is 0.125. The molecule has 0 fully saturated rings. The fourth-order valence-electron chi connectivity index (χ4n) is 1.67. The zero-order chi connectivity index (χ0) is 17.5. The van der Waals surface area contributed by atoms with Gasteiger partial charge in [0.05, 0.1) is 36.0 Å². The summed E-state index contributed by atoms with van der Waals surface area (Å²) < 4.78 is 22.8. The Morgan fingerprint density at radius 2 is 2.25 bits per heavy atom. The number of methoxy groups -OCH3 is 1. The summed E-state index contributed by atoms with van der Waals surface area (Å²) in [5, 5.41) is 2.45. The summed E-state index contributed by atoms with van der Waals surface area (Å²) in [5.74, 6) is 0.533. The van der Waals surface area contributed by atoms with Crippen molar-refractivity contribution in [2.75, 3.05) is 12.4 Å². The maximum atomic E-state index is 12.7. The van der Waals surface area contributed by atoms with Crippen LogP contribution < -0.4 is 9.50 Å². The normalized spacial score (nSPS) is 12.1. The number of anilines is 1. The molecule has 0 aliphatic heterocycles. The third-order valence-corrected chi connectivity index (χ3v) is 3.54. The van der Waals surface area contributed by atoms with Gasteiger partial charge in [0.15, 0.2) is 0 Å². The van der Waals surface area contributed by atoms with Gasteiger partial charge >= 0.3 is 6.09 Å². The van der Waals surface area contributed by atoms with Gasteiger partial charge in [-0.25, -0.2) is 14.2 Å². The molecule has 2 N–H and O–H groups in total. The number of fused-ring (bicyclic) bond motifs is 1. The highest BCUT2D eigenvalue weighted by molar-refractivity contribution is 7.99. The number of halogens is 1. The Labute approximate surface area is 142 Å². The largest absolute Gasteiger partial charge is 0.453 e. The van der Waals surface area contributed by atoms with E-state index in [-0.39, 0.29) is 11.8 Å². The van der Waals surface area contributed by atoms with Crippen LogP contribution in [0.4, 0.5) is 15.1 Å². The molecule has 0 spiro atoms. The topological polar surface area (TPSA) is 76.2 Å². The Hall–Kier alpha value is -2.74. The molecule has 126 valence electrons. The summed E-state index contributed by atoms with van der Waals surface area (Å²) in [7, 11) is 1.27. The van der Waals surface area contributed by atoms with Crippen molar-refractivity contribution < 1.29 is 18.1 Å². The molecule has 0 aliphatic rings. The predicted molar refractivity (Wildman–Crippen MR) is 93.5 cm³/mol. The van der Waals surface area contributed by atoms with Gasteiger partial charge < -0.3 is 13.9 Å². The Bertz CT molecular complexity index is 810. The lowest BCUT2D eigenvalue weighted by atomic mass is 10.3. The van der Waals surface area contributed by atoms with Gasteiger partial charge in [-0.2, -0.15) is 0 Å². The van der Waals surface area contributed by atoms with Gasteiger partial charge in [0.1, 0.15) is 5.75 Å². The predicted octanol–water partition coefficient (Wildman–Crippen LogP) is 4.71. The van der Waals surface area contributed by atoms with E-state index in [1.165, 1.54) is 20.1 Å². The first kappa shape index (κ1) is 17.6. The second-order valence-electron chi connectivity index (χ2n) is 4.57. The highest BCUT2D eigenvalue weighted by Gasteiger charge is 2.08. The van der Waals surface area contributed by atoms with Crippen molar-refractivity contribution in [1.29, 1.82) is 0 Å². The smallest absolute Gasteiger partial charge is 0.413 e. The Kier molecular flexibility index (Phi) is 6.02. The van der Waals surface area contributed by atoms with E-state index in [0.29, 0.717) is 21.7 Å². The molecule has 0 saturated heterocycles. The Balaban J connectivity index is 2.10. The molecule has 0 radical (unpaired) electrons. The number of carbonyl (C=O) groups is 1. The number of hydrogen-bond acceptors (Lipinski definition) is 5. The number of H-pyrrole nitrogens is 1. The maximum absolute atomic E-state index is 12.7. The molecule has 8 heteroatoms. The average Bonchev–Trinajstić information content (AvgIpc) is 2.95. The third kappa shape index (κ3) is 4.88. The SMILES string of the molecule is C=C/C(=C\C=C(/C)F)SOc1ccc2nc(NC(=O)OC)[nH]c2c1. The quantitative estimate of drug-likeness (QED) is 0.583. The van der Waals surface area contributed by atoms with Crippen LogP contribution in [-0.2, 0) is 4.74 Å². The molecule has 1 aromatic heterocycles. The van der Waals surface area contributed by atoms with E-state index in [9.17, 15) is 9.18 Å². The van der Waals surface area contributed by atoms with Crippen molar-refractivity contribution in [3.63, 3.8) is 0 Å². The van der Waals surface area contributed by atoms with Crippen LogP contribution in [0.1, 0.15) is 6.92 Å². The summed E-state index contributed by atoms with van der Waals surface area (Å²) in [6.07, 6.45) is 3.85. The monoisotopic (exact) mass is 349 g/mol. The minimum absolute atomic E-state index is 0.275. The van der Waals surface area contributed by atoms with Gasteiger partial charge in [0.25, 0.3) is 0 Å². The average molecular weight is 349 g/mol. The van der Waals surface area contributed by atoms with E-state index in [0.717, 1.165) is 12.0 Å². The Morgan fingerprint density at radius 1 is 1.46 bits per heavy atom. The van der Waals surface area contributed by atoms with Crippen LogP contribution in [0.15, 0.2) is 53.7 Å². The number of carbonyl (C=O) groups excluding carboxylic acids is 1. The molecule has 1 aromatic carbocycles. The number of ether oxygens (including phenoxy) is 1. The fourth-order valence-corrected chi connectivity index (χ4v) is 2.16. The lowest BCUT2D eigenvalue weighted by Crippen LogP contribution is -2.11. The van der Waals surface area contributed by atoms with Gasteiger partial charge in [0, 0.05) is 11.0 Å². The lowest BCUT2D eigenvalue weighted by molar-refractivity contribution is 0.186. The molecule has 24 heavy (non-hydrogen) atoms. The van der Waals surface area contributed by atoms with E-state index in [1.54, 1.807) is 30.4 Å². The molecule has 1 amide bonds. The van der Waals surface area contributed by atoms with E-state index < -0.39 is 6.09 Å². The number of hydrogen-bond donors (Lipinski definition) is 2. The van der Waals surface area contributed by atoms with Crippen molar-refractivity contribution >= 4 is 35.1 Å². The van der Waals surface area contributed by atoms with Gasteiger partial charge in [-0.05, 0) is 31.2 Å². The summed E-state index contributed by atoms with van der Waals surface area (Å²) in [6.45, 7) is 5.01. The molecule has 2 aromatic rings. The highest BCUT2D eigenvalue weighted by Crippen LogP contribution is 2.26. The van der Waals surface area contributed by atoms with Gasteiger partial charge in [0.2, 0.25) is 5.95 Å². The van der Waals surface area contributed by atoms with Crippen LogP contribution in [0, 0.1) is 0 Å². The minimum Gasteiger partial charge on any atom is -0.453 e. The molecule has 0 bridgehead atoms. The molecule has 0 aliphatic carbocycles. The van der Waals surface area contributed by atoms with Crippen LogP contribution in [0.25, 0.3) is 11.0 Å². The summed E-state index contributed by atoms with van der Waals surface area (Å²) in [5.41, 5.74) is 1.34. The van der Waals surface area contributed by atoms with Gasteiger partial charge in [-0.15, -0.1) is 0 Å². The number of amides is 1. The molecular formula is C16H16FN3O3S. The lowest BCUT2D eigenvalue weighted by Gasteiger charge is -2.03. The maximum Gasteiger partial charge on any atom is 0.413 e. The molecule has 1 heterocycles. The van der Waals surface area contributed by atoms with Gasteiger partial charge in [-0.3, -0.25) is 5.32 Å². The van der Waals surface area contributed by atoms with Crippen molar-refractivity contribution in [3.05, 3.63) is 53.7 Å². The number of imidazole rings is 1. The standard InChI is InChI=1S/C16H16FN3O3S/c1-4-12(7-5-10(2)17)24-23-11-6-8-13-14(9-11)19-15(18-13)20-16(21)22-3/h4-9H,1H2,2-3H3,(H2,18,19,20,21)/b10-5+,12-7+. The number of benzene rings is 1. The van der Waals surface area contributed by atoms with E-state index >= 15 is 0 Å². The number of nitrogens with one attached hydrogen (secondary N) is 2. The van der Waals surface area contributed by atoms with Crippen LogP contribution >= 0.6 is 12.0 Å². The van der Waals surface area contributed by atoms with E-state index in [1.807, 2.05) is 0 Å². The van der Waals surface area contributed by atoms with Gasteiger partial charge in [-0.1, -0.05) is 12.7 Å². The van der Waals surface area contributed by atoms with Crippen molar-refractivity contribution in [2.24, 2.45) is 0 Å². The van der Waals surface area contributed by atoms with Crippen molar-refractivity contribution in [3.8, 4) is 5.75 Å². The molecule has 0 atom stereocenters. The summed E-state index contributed by atoms with van der Waals surface area (Å²) in [6, 6.07) is 5.21. The Morgan fingerprint density at radius 3 is 2.92 bits per heavy atom. The second kappa shape index (κ2) is 8.21. The molecular weight excluding hydrogens is 333 g/mol. The number of aromatic nitrogens is 2. The van der Waals surface area contributed by atoms with Crippen LogP contribution in [0.2, 0.25) is 0 Å². The number of nitrogens with zero attached hydrogens (tertiary/aromatic N) is 1. The highest BCUT2D eigenvalue weighted by atomic mass is 32.2. The zero-order valence-corrected chi connectivity index (χ0v) is 13.9. The van der Waals surface area contributed by atoms with E-state index in [2.05, 4.69) is 26.6 Å². The number of rotatable bonds is 6. The minimum atomic E-state index is -0.613. The molecule has 6 nitrogen and oxygen atoms in total. The summed E-state index contributed by atoms with van der Waals surface area (Å²) in [4.78, 5) is 19.0. The number of aromatic amines is 1. The van der Waals surface area contributed by atoms with Crippen molar-refractivity contribution in [2.45, 2.75) is 6.92 Å². The van der Waals surface area contributed by atoms with Crippen LogP contribution in [0.3, 0.4) is 0 Å². The number of allylic oxidation sites excluding steroid dienone is 4. The van der Waals surface area contributed by atoms with Crippen molar-refractivity contribution in [1.82, 2.24) is 9.97 Å². The van der Waals surface area contributed by atoms with Crippen LogP contribution in [0.5, 0.6) is 5.75 Å². The molecule has 2 rings (SSSR count). The van der Waals surface area contributed by atoms with Crippen LogP contribution in [-0.4, -0.2) is 23.2 Å². The first-order valence-corrected chi connectivity index (χ1v) is 7.61. The zero-order valence-electron chi connectivity index (χ0n) is 13.1. The molecule has 0 saturated carbocycles. The van der Waals surface area contributed by atoms with E-state index in [4.69, 9.17) is 4.18 Å². The second-order valence-corrected chi connectivity index (χ2v) is 5.38. The summed E-state index contributed by atoms with van der Waals surface area (Å²) >= 11 is 1.05. The molecule has 0 unspecified atom stereocenters. The first-order valence-electron chi connectivity index (χ1n) is 6.87.